The summed E-state index contributed by atoms with van der Waals surface area (Å²) in [6.45, 7) is 7.71. The monoisotopic (exact) mass is 259 g/mol. The van der Waals surface area contributed by atoms with Gasteiger partial charge in [-0.2, -0.15) is 0 Å². The van der Waals surface area contributed by atoms with Crippen LogP contribution < -0.4 is 4.89 Å². The van der Waals surface area contributed by atoms with Crippen molar-refractivity contribution in [3.05, 3.63) is 23.0 Å². The molecule has 1 aliphatic rings. The zero-order valence-corrected chi connectivity index (χ0v) is 11.9. The summed E-state index contributed by atoms with van der Waals surface area (Å²) in [5, 5.41) is 10.0. The molecule has 4 nitrogen and oxygen atoms in total. The lowest BCUT2D eigenvalue weighted by atomic mass is 9.86. The summed E-state index contributed by atoms with van der Waals surface area (Å²) in [5.41, 5.74) is 1.30. The SMILES string of the molecule is COP(=O)([O-])CC1C=C(C(C)(C)C)C(O)=C1C. The van der Waals surface area contributed by atoms with Crippen LogP contribution in [0.4, 0.5) is 0 Å². The van der Waals surface area contributed by atoms with Crippen LogP contribution >= 0.6 is 7.60 Å². The van der Waals surface area contributed by atoms with E-state index < -0.39 is 7.60 Å². The van der Waals surface area contributed by atoms with Gasteiger partial charge in [0.1, 0.15) is 13.4 Å². The highest BCUT2D eigenvalue weighted by Gasteiger charge is 2.31. The molecule has 17 heavy (non-hydrogen) atoms. The average Bonchev–Trinajstić information content (AvgIpc) is 2.45. The minimum Gasteiger partial charge on any atom is -0.778 e. The normalized spacial score (nSPS) is 24.8. The Hall–Kier alpha value is -0.570. The lowest BCUT2D eigenvalue weighted by molar-refractivity contribution is -0.196. The summed E-state index contributed by atoms with van der Waals surface area (Å²) in [7, 11) is -2.64. The Morgan fingerprint density at radius 3 is 2.41 bits per heavy atom. The van der Waals surface area contributed by atoms with E-state index in [-0.39, 0.29) is 23.3 Å². The molecule has 98 valence electrons. The van der Waals surface area contributed by atoms with Crippen molar-refractivity contribution in [2.75, 3.05) is 13.3 Å². The maximum atomic E-state index is 11.4. The number of rotatable bonds is 3. The van der Waals surface area contributed by atoms with Crippen LogP contribution in [0.1, 0.15) is 27.7 Å². The smallest absolute Gasteiger partial charge is 0.135 e. The van der Waals surface area contributed by atoms with Crippen LogP contribution in [0.2, 0.25) is 0 Å². The number of hydrogen-bond acceptors (Lipinski definition) is 4. The van der Waals surface area contributed by atoms with E-state index in [0.717, 1.165) is 12.7 Å². The molecule has 0 aliphatic heterocycles. The Morgan fingerprint density at radius 1 is 1.53 bits per heavy atom. The molecule has 1 rings (SSSR count). The fraction of sp³-hybridized carbons (Fsp3) is 0.667. The molecule has 5 heteroatoms. The quantitative estimate of drug-likeness (QED) is 0.791. The molecule has 2 atom stereocenters. The largest absolute Gasteiger partial charge is 0.778 e. The fourth-order valence-electron chi connectivity index (χ4n) is 1.90. The summed E-state index contributed by atoms with van der Waals surface area (Å²) in [6.07, 6.45) is 1.73. The van der Waals surface area contributed by atoms with Crippen molar-refractivity contribution in [3.63, 3.8) is 0 Å². The van der Waals surface area contributed by atoms with E-state index >= 15 is 0 Å². The molecule has 0 saturated carbocycles. The van der Waals surface area contributed by atoms with E-state index in [1.165, 1.54) is 0 Å². The first-order valence-corrected chi connectivity index (χ1v) is 7.29. The molecule has 0 bridgehead atoms. The molecule has 0 radical (unpaired) electrons. The third-order valence-corrected chi connectivity index (χ3v) is 4.46. The summed E-state index contributed by atoms with van der Waals surface area (Å²) < 4.78 is 15.9. The Kier molecular flexibility index (Phi) is 3.92. The van der Waals surface area contributed by atoms with Crippen molar-refractivity contribution in [2.24, 2.45) is 11.3 Å². The van der Waals surface area contributed by atoms with Gasteiger partial charge in [-0.05, 0) is 23.5 Å². The molecule has 0 spiro atoms. The number of allylic oxidation sites excluding steroid dienone is 3. The second-order valence-electron chi connectivity index (χ2n) is 5.44. The summed E-state index contributed by atoms with van der Waals surface area (Å²) in [6, 6.07) is 0. The fourth-order valence-corrected chi connectivity index (χ4v) is 2.91. The van der Waals surface area contributed by atoms with Gasteiger partial charge in [-0.25, -0.2) is 0 Å². The predicted molar refractivity (Wildman–Crippen MR) is 65.8 cm³/mol. The van der Waals surface area contributed by atoms with Crippen LogP contribution in [0.15, 0.2) is 23.0 Å². The van der Waals surface area contributed by atoms with Crippen molar-refractivity contribution < 1.29 is 19.1 Å². The maximum absolute atomic E-state index is 11.4. The van der Waals surface area contributed by atoms with Crippen LogP contribution in [0.5, 0.6) is 0 Å². The van der Waals surface area contributed by atoms with E-state index in [1.807, 2.05) is 26.8 Å². The van der Waals surface area contributed by atoms with Crippen molar-refractivity contribution in [1.29, 1.82) is 0 Å². The molecule has 0 heterocycles. The van der Waals surface area contributed by atoms with Crippen molar-refractivity contribution in [2.45, 2.75) is 27.7 Å². The van der Waals surface area contributed by atoms with Gasteiger partial charge in [0.15, 0.2) is 0 Å². The average molecular weight is 259 g/mol. The first-order valence-electron chi connectivity index (χ1n) is 5.56. The van der Waals surface area contributed by atoms with E-state index in [1.54, 1.807) is 6.92 Å². The Labute approximate surface area is 103 Å². The molecule has 0 amide bonds. The van der Waals surface area contributed by atoms with E-state index in [2.05, 4.69) is 4.52 Å². The number of aliphatic hydroxyl groups is 1. The molecule has 0 fully saturated rings. The molecular weight excluding hydrogens is 239 g/mol. The van der Waals surface area contributed by atoms with Crippen LogP contribution in [0, 0.1) is 11.3 Å². The van der Waals surface area contributed by atoms with Crippen molar-refractivity contribution in [1.82, 2.24) is 0 Å². The predicted octanol–water partition coefficient (Wildman–Crippen LogP) is 2.62. The Balaban J connectivity index is 3.00. The highest BCUT2D eigenvalue weighted by molar-refractivity contribution is 7.51. The van der Waals surface area contributed by atoms with Gasteiger partial charge >= 0.3 is 0 Å². The van der Waals surface area contributed by atoms with Gasteiger partial charge in [-0.15, -0.1) is 0 Å². The van der Waals surface area contributed by atoms with E-state index in [0.29, 0.717) is 5.57 Å². The van der Waals surface area contributed by atoms with Gasteiger partial charge in [0.2, 0.25) is 0 Å². The lowest BCUT2D eigenvalue weighted by Crippen LogP contribution is -2.13. The van der Waals surface area contributed by atoms with Crippen LogP contribution in [0.25, 0.3) is 0 Å². The molecule has 2 unspecified atom stereocenters. The first kappa shape index (κ1) is 14.5. The lowest BCUT2D eigenvalue weighted by Gasteiger charge is -2.24. The molecule has 0 saturated heterocycles. The van der Waals surface area contributed by atoms with Crippen LogP contribution in [0.3, 0.4) is 0 Å². The van der Waals surface area contributed by atoms with Crippen molar-refractivity contribution >= 4 is 7.60 Å². The Bertz CT molecular complexity index is 415. The topological polar surface area (TPSA) is 69.6 Å². The second kappa shape index (κ2) is 4.60. The number of hydrogen-bond donors (Lipinski definition) is 1. The van der Waals surface area contributed by atoms with E-state index in [9.17, 15) is 14.6 Å². The third-order valence-electron chi connectivity index (χ3n) is 3.06. The minimum absolute atomic E-state index is 0.0982. The highest BCUT2D eigenvalue weighted by Crippen LogP contribution is 2.46. The van der Waals surface area contributed by atoms with Crippen LogP contribution in [-0.4, -0.2) is 18.4 Å². The van der Waals surface area contributed by atoms with Gasteiger partial charge < -0.3 is 19.1 Å². The van der Waals surface area contributed by atoms with Gasteiger partial charge in [0, 0.05) is 19.2 Å². The van der Waals surface area contributed by atoms with Gasteiger partial charge in [-0.1, -0.05) is 26.8 Å². The van der Waals surface area contributed by atoms with Crippen molar-refractivity contribution in [3.8, 4) is 0 Å². The standard InChI is InChI=1S/C12H21O4P/c1-8-9(7-17(14,15)16-5)6-10(11(8)13)12(2,3)4/h6,9,13H,7H2,1-5H3,(H,14,15)/p-1. The first-order chi connectivity index (χ1) is 7.58. The summed E-state index contributed by atoms with van der Waals surface area (Å²) >= 11 is 0. The molecule has 1 aliphatic carbocycles. The second-order valence-corrected chi connectivity index (χ2v) is 7.40. The van der Waals surface area contributed by atoms with E-state index in [4.69, 9.17) is 0 Å². The van der Waals surface area contributed by atoms with Gasteiger partial charge in [-0.3, -0.25) is 0 Å². The zero-order valence-electron chi connectivity index (χ0n) is 11.0. The molecular formula is C12H20O4P-. The maximum Gasteiger partial charge on any atom is 0.135 e. The minimum atomic E-state index is -3.81. The van der Waals surface area contributed by atoms with Crippen LogP contribution in [-0.2, 0) is 9.09 Å². The Morgan fingerprint density at radius 2 is 2.06 bits per heavy atom. The zero-order chi connectivity index (χ0) is 13.4. The third kappa shape index (κ3) is 3.21. The van der Waals surface area contributed by atoms with Gasteiger partial charge in [0.25, 0.3) is 0 Å². The molecule has 1 N–H and O–H groups in total. The molecule has 0 aromatic heterocycles. The molecule has 0 aromatic carbocycles. The highest BCUT2D eigenvalue weighted by atomic mass is 31.2. The molecule has 0 aromatic rings. The number of aliphatic hydroxyl groups excluding tert-OH is 1. The summed E-state index contributed by atoms with van der Waals surface area (Å²) in [5.74, 6) is -0.0638. The summed E-state index contributed by atoms with van der Waals surface area (Å²) in [4.78, 5) is 11.4. The van der Waals surface area contributed by atoms with Gasteiger partial charge in [0.05, 0.1) is 0 Å².